The largest absolute Gasteiger partial charge is 0.423 e. The summed E-state index contributed by atoms with van der Waals surface area (Å²) in [6.45, 7) is 2.76. The van der Waals surface area contributed by atoms with Crippen LogP contribution >= 0.6 is 12.2 Å². The Hall–Kier alpha value is -3.31. The van der Waals surface area contributed by atoms with E-state index in [1.165, 1.54) is 0 Å². The second kappa shape index (κ2) is 9.88. The Labute approximate surface area is 193 Å². The summed E-state index contributed by atoms with van der Waals surface area (Å²) in [5.41, 5.74) is 3.70. The minimum absolute atomic E-state index is 0.0853. The van der Waals surface area contributed by atoms with Crippen LogP contribution in [-0.2, 0) is 0 Å². The van der Waals surface area contributed by atoms with Crippen molar-refractivity contribution in [3.05, 3.63) is 89.5 Å². The summed E-state index contributed by atoms with van der Waals surface area (Å²) in [5.74, 6) is -0.0961. The van der Waals surface area contributed by atoms with Gasteiger partial charge in [0.15, 0.2) is 0 Å². The second-order valence-corrected chi connectivity index (χ2v) is 8.25. The summed E-state index contributed by atoms with van der Waals surface area (Å²) in [7, 11) is 0. The van der Waals surface area contributed by atoms with Gasteiger partial charge in [0, 0.05) is 12.1 Å². The van der Waals surface area contributed by atoms with Gasteiger partial charge in [-0.1, -0.05) is 80.9 Å². The van der Waals surface area contributed by atoms with Gasteiger partial charge in [0.1, 0.15) is 10.7 Å². The quantitative estimate of drug-likeness (QED) is 0.178. The molecule has 0 aromatic heterocycles. The van der Waals surface area contributed by atoms with E-state index in [-0.39, 0.29) is 5.91 Å². The lowest BCUT2D eigenvalue weighted by atomic mass is 10.1. The molecule has 32 heavy (non-hydrogen) atoms. The van der Waals surface area contributed by atoms with Gasteiger partial charge in [-0.15, -0.1) is 0 Å². The summed E-state index contributed by atoms with van der Waals surface area (Å²) in [6.07, 6.45) is 4.27. The molecular formula is C27H25NO3S. The maximum absolute atomic E-state index is 12.7. The van der Waals surface area contributed by atoms with E-state index in [0.29, 0.717) is 34.0 Å². The van der Waals surface area contributed by atoms with Crippen LogP contribution in [0.3, 0.4) is 0 Å². The first-order valence-electron chi connectivity index (χ1n) is 11.0. The first-order valence-corrected chi connectivity index (χ1v) is 11.4. The highest BCUT2D eigenvalue weighted by atomic mass is 32.1. The molecule has 1 aliphatic heterocycles. The highest BCUT2D eigenvalue weighted by Gasteiger charge is 2.32. The van der Waals surface area contributed by atoms with E-state index in [0.717, 1.165) is 36.8 Å². The van der Waals surface area contributed by atoms with Crippen LogP contribution in [0.25, 0.3) is 11.1 Å². The molecule has 5 heteroatoms. The van der Waals surface area contributed by atoms with Crippen LogP contribution in [0.15, 0.2) is 72.8 Å². The molecule has 0 saturated heterocycles. The van der Waals surface area contributed by atoms with Crippen LogP contribution in [0, 0.1) is 0 Å². The third kappa shape index (κ3) is 4.63. The Kier molecular flexibility index (Phi) is 6.76. The molecule has 0 bridgehead atoms. The van der Waals surface area contributed by atoms with E-state index >= 15 is 0 Å². The van der Waals surface area contributed by atoms with Crippen LogP contribution in [-0.4, -0.2) is 28.3 Å². The monoisotopic (exact) mass is 443 g/mol. The third-order valence-corrected chi connectivity index (χ3v) is 6.05. The van der Waals surface area contributed by atoms with Crippen molar-refractivity contribution in [1.29, 1.82) is 0 Å². The molecule has 4 rings (SSSR count). The number of hydrogen-bond acceptors (Lipinski definition) is 4. The molecule has 0 aliphatic carbocycles. The van der Waals surface area contributed by atoms with E-state index in [2.05, 4.69) is 6.92 Å². The molecule has 4 nitrogen and oxygen atoms in total. The Balaban J connectivity index is 1.44. The van der Waals surface area contributed by atoms with Crippen LogP contribution in [0.4, 0.5) is 0 Å². The average molecular weight is 444 g/mol. The molecule has 1 aliphatic rings. The van der Waals surface area contributed by atoms with Gasteiger partial charge in [-0.05, 0) is 47.9 Å². The molecule has 0 spiro atoms. The van der Waals surface area contributed by atoms with Gasteiger partial charge in [0.2, 0.25) is 0 Å². The van der Waals surface area contributed by atoms with Crippen molar-refractivity contribution in [1.82, 2.24) is 4.90 Å². The van der Waals surface area contributed by atoms with Crippen LogP contribution in [0.5, 0.6) is 5.75 Å². The van der Waals surface area contributed by atoms with Gasteiger partial charge in [-0.2, -0.15) is 0 Å². The number of hydrogen-bond donors (Lipinski definition) is 0. The van der Waals surface area contributed by atoms with E-state index in [1.54, 1.807) is 35.2 Å². The SMILES string of the molecule is CCCCCCN1C(=O)c2ccc(C(=O)Oc3ccc(-c4ccccc4)cc3)cc2C1=S. The molecule has 0 unspecified atom stereocenters. The molecule has 0 saturated carbocycles. The molecule has 1 amide bonds. The number of benzene rings is 3. The molecule has 3 aromatic rings. The van der Waals surface area contributed by atoms with Crippen molar-refractivity contribution >= 4 is 29.1 Å². The highest BCUT2D eigenvalue weighted by Crippen LogP contribution is 2.27. The normalized spacial score (nSPS) is 12.7. The standard InChI is InChI=1S/C27H25NO3S/c1-2-3-4-8-17-28-25(29)23-16-13-21(18-24(23)26(28)32)27(30)31-22-14-11-20(12-15-22)19-9-6-5-7-10-19/h5-7,9-16,18H,2-4,8,17H2,1H3. The number of carbonyl (C=O) groups is 2. The highest BCUT2D eigenvalue weighted by molar-refractivity contribution is 7.80. The lowest BCUT2D eigenvalue weighted by Crippen LogP contribution is -2.30. The first kappa shape index (κ1) is 21.9. The zero-order valence-corrected chi connectivity index (χ0v) is 18.9. The number of nitrogens with zero attached hydrogens (tertiary/aromatic N) is 1. The van der Waals surface area contributed by atoms with Crippen LogP contribution in [0.2, 0.25) is 0 Å². The maximum Gasteiger partial charge on any atom is 0.343 e. The fourth-order valence-corrected chi connectivity index (χ4v) is 4.17. The Morgan fingerprint density at radius 3 is 2.31 bits per heavy atom. The van der Waals surface area contributed by atoms with Crippen molar-refractivity contribution in [3.8, 4) is 16.9 Å². The number of thiocarbonyl (C=S) groups is 1. The first-order chi connectivity index (χ1) is 15.6. The minimum atomic E-state index is -0.475. The topological polar surface area (TPSA) is 46.6 Å². The summed E-state index contributed by atoms with van der Waals surface area (Å²) in [4.78, 5) is 27.6. The molecule has 3 aromatic carbocycles. The summed E-state index contributed by atoms with van der Waals surface area (Å²) in [6, 6.07) is 22.4. The van der Waals surface area contributed by atoms with E-state index in [1.807, 2.05) is 42.5 Å². The molecule has 162 valence electrons. The zero-order valence-electron chi connectivity index (χ0n) is 18.0. The molecule has 0 N–H and O–H groups in total. The molecular weight excluding hydrogens is 418 g/mol. The second-order valence-electron chi connectivity index (χ2n) is 7.86. The number of carbonyl (C=O) groups excluding carboxylic acids is 2. The lowest BCUT2D eigenvalue weighted by molar-refractivity contribution is 0.0733. The van der Waals surface area contributed by atoms with Gasteiger partial charge in [-0.3, -0.25) is 9.69 Å². The summed E-state index contributed by atoms with van der Waals surface area (Å²) in [5, 5.41) is 0. The minimum Gasteiger partial charge on any atom is -0.423 e. The fourth-order valence-electron chi connectivity index (χ4n) is 3.83. The number of fused-ring (bicyclic) bond motifs is 1. The molecule has 0 radical (unpaired) electrons. The van der Waals surface area contributed by atoms with E-state index in [9.17, 15) is 9.59 Å². The smallest absolute Gasteiger partial charge is 0.343 e. The van der Waals surface area contributed by atoms with Crippen molar-refractivity contribution in [2.75, 3.05) is 6.54 Å². The average Bonchev–Trinajstić information content (AvgIpc) is 3.07. The van der Waals surface area contributed by atoms with Crippen molar-refractivity contribution in [2.45, 2.75) is 32.6 Å². The summed E-state index contributed by atoms with van der Waals surface area (Å²) >= 11 is 5.54. The number of unbranched alkanes of at least 4 members (excludes halogenated alkanes) is 3. The fraction of sp³-hybridized carbons (Fsp3) is 0.222. The van der Waals surface area contributed by atoms with Crippen molar-refractivity contribution in [3.63, 3.8) is 0 Å². The number of ether oxygens (including phenoxy) is 1. The van der Waals surface area contributed by atoms with Gasteiger partial charge < -0.3 is 4.74 Å². The Morgan fingerprint density at radius 1 is 0.875 bits per heavy atom. The van der Waals surface area contributed by atoms with Gasteiger partial charge in [0.05, 0.1) is 11.1 Å². The van der Waals surface area contributed by atoms with Crippen LogP contribution in [0.1, 0.15) is 58.9 Å². The zero-order chi connectivity index (χ0) is 22.5. The number of esters is 1. The number of amides is 1. The van der Waals surface area contributed by atoms with Crippen LogP contribution < -0.4 is 4.74 Å². The predicted octanol–water partition coefficient (Wildman–Crippen LogP) is 6.28. The van der Waals surface area contributed by atoms with Crippen molar-refractivity contribution in [2.24, 2.45) is 0 Å². The third-order valence-electron chi connectivity index (χ3n) is 5.61. The predicted molar refractivity (Wildman–Crippen MR) is 130 cm³/mol. The maximum atomic E-state index is 12.7. The molecule has 0 fully saturated rings. The summed E-state index contributed by atoms with van der Waals surface area (Å²) < 4.78 is 5.55. The van der Waals surface area contributed by atoms with Gasteiger partial charge >= 0.3 is 5.97 Å². The van der Waals surface area contributed by atoms with E-state index in [4.69, 9.17) is 17.0 Å². The van der Waals surface area contributed by atoms with Crippen molar-refractivity contribution < 1.29 is 14.3 Å². The molecule has 1 heterocycles. The molecule has 0 atom stereocenters. The van der Waals surface area contributed by atoms with Gasteiger partial charge in [-0.25, -0.2) is 4.79 Å². The lowest BCUT2D eigenvalue weighted by Gasteiger charge is -2.15. The Bertz CT molecular complexity index is 1140. The Morgan fingerprint density at radius 2 is 1.59 bits per heavy atom. The number of rotatable bonds is 8. The van der Waals surface area contributed by atoms with Gasteiger partial charge in [0.25, 0.3) is 5.91 Å². The van der Waals surface area contributed by atoms with E-state index < -0.39 is 5.97 Å².